The summed E-state index contributed by atoms with van der Waals surface area (Å²) in [5.74, 6) is -4.51. The molecule has 160 valence electrons. The quantitative estimate of drug-likeness (QED) is 0.748. The lowest BCUT2D eigenvalue weighted by Gasteiger charge is -2.39. The van der Waals surface area contributed by atoms with Gasteiger partial charge in [-0.25, -0.2) is 13.6 Å². The van der Waals surface area contributed by atoms with Crippen molar-refractivity contribution in [2.75, 3.05) is 0 Å². The molecule has 0 bridgehead atoms. The van der Waals surface area contributed by atoms with Crippen LogP contribution in [0.25, 0.3) is 11.5 Å². The number of halogens is 4. The molecule has 0 spiro atoms. The SMILES string of the molecule is NC(=O)O[C@H]1CC(F)(F)CC[C@H]1N1Cc2ccc(-c3nnc(C(F)F)o3)cc2C1=O. The van der Waals surface area contributed by atoms with Crippen LogP contribution in [0.15, 0.2) is 22.6 Å². The molecule has 1 aromatic heterocycles. The maximum absolute atomic E-state index is 13.8. The summed E-state index contributed by atoms with van der Waals surface area (Å²) in [6, 6.07) is 3.78. The average Bonchev–Trinajstić information content (AvgIpc) is 3.26. The van der Waals surface area contributed by atoms with E-state index >= 15 is 0 Å². The van der Waals surface area contributed by atoms with Gasteiger partial charge in [-0.15, -0.1) is 10.2 Å². The first-order valence-electron chi connectivity index (χ1n) is 9.04. The molecule has 0 saturated heterocycles. The van der Waals surface area contributed by atoms with E-state index in [0.717, 1.165) is 0 Å². The molecule has 30 heavy (non-hydrogen) atoms. The number of amides is 2. The summed E-state index contributed by atoms with van der Waals surface area (Å²) < 4.78 is 62.7. The fourth-order valence-electron chi connectivity index (χ4n) is 3.87. The highest BCUT2D eigenvalue weighted by molar-refractivity contribution is 5.99. The summed E-state index contributed by atoms with van der Waals surface area (Å²) in [5.41, 5.74) is 6.13. The number of nitrogens with two attached hydrogens (primary N) is 1. The minimum absolute atomic E-state index is 0.0705. The number of nitrogens with zero attached hydrogens (tertiary/aromatic N) is 3. The second kappa shape index (κ2) is 7.26. The molecule has 2 heterocycles. The molecule has 1 aliphatic heterocycles. The van der Waals surface area contributed by atoms with Crippen LogP contribution < -0.4 is 5.73 Å². The Bertz CT molecular complexity index is 996. The van der Waals surface area contributed by atoms with E-state index in [9.17, 15) is 27.2 Å². The summed E-state index contributed by atoms with van der Waals surface area (Å²) in [6.45, 7) is 0.120. The average molecular weight is 428 g/mol. The van der Waals surface area contributed by atoms with E-state index in [4.69, 9.17) is 14.9 Å². The molecule has 8 nitrogen and oxygen atoms in total. The molecular formula is C18H16F4N4O4. The van der Waals surface area contributed by atoms with Crippen LogP contribution >= 0.6 is 0 Å². The van der Waals surface area contributed by atoms with Gasteiger partial charge in [-0.1, -0.05) is 6.07 Å². The summed E-state index contributed by atoms with van der Waals surface area (Å²) in [4.78, 5) is 25.5. The Morgan fingerprint density at radius 3 is 2.77 bits per heavy atom. The maximum atomic E-state index is 13.8. The first-order valence-corrected chi connectivity index (χ1v) is 9.04. The van der Waals surface area contributed by atoms with Crippen molar-refractivity contribution in [3.63, 3.8) is 0 Å². The molecule has 2 atom stereocenters. The van der Waals surface area contributed by atoms with Gasteiger partial charge in [-0.3, -0.25) is 4.79 Å². The molecule has 0 unspecified atom stereocenters. The molecule has 2 N–H and O–H groups in total. The lowest BCUT2D eigenvalue weighted by molar-refractivity contribution is -0.103. The van der Waals surface area contributed by atoms with Gasteiger partial charge in [-0.05, 0) is 24.1 Å². The van der Waals surface area contributed by atoms with Crippen LogP contribution in [0.4, 0.5) is 22.4 Å². The van der Waals surface area contributed by atoms with Gasteiger partial charge in [0.25, 0.3) is 17.7 Å². The van der Waals surface area contributed by atoms with Gasteiger partial charge in [0.1, 0.15) is 6.10 Å². The van der Waals surface area contributed by atoms with Gasteiger partial charge in [0.05, 0.1) is 12.5 Å². The van der Waals surface area contributed by atoms with Gasteiger partial charge in [-0.2, -0.15) is 8.78 Å². The van der Waals surface area contributed by atoms with Crippen LogP contribution in [-0.2, 0) is 11.3 Å². The number of fused-ring (bicyclic) bond motifs is 1. The lowest BCUT2D eigenvalue weighted by atomic mass is 9.88. The van der Waals surface area contributed by atoms with Crippen LogP contribution in [0.1, 0.15) is 47.5 Å². The van der Waals surface area contributed by atoms with Crippen molar-refractivity contribution in [2.45, 2.75) is 50.3 Å². The third-order valence-corrected chi connectivity index (χ3v) is 5.22. The second-order valence-corrected chi connectivity index (χ2v) is 7.19. The summed E-state index contributed by atoms with van der Waals surface area (Å²) in [6.07, 6.45) is -6.62. The maximum Gasteiger partial charge on any atom is 0.404 e. The third-order valence-electron chi connectivity index (χ3n) is 5.22. The summed E-state index contributed by atoms with van der Waals surface area (Å²) in [7, 11) is 0. The molecule has 1 fully saturated rings. The molecule has 2 aromatic rings. The van der Waals surface area contributed by atoms with E-state index in [1.165, 1.54) is 17.0 Å². The van der Waals surface area contributed by atoms with Crippen LogP contribution in [0.2, 0.25) is 0 Å². The Morgan fingerprint density at radius 1 is 1.33 bits per heavy atom. The Morgan fingerprint density at radius 2 is 2.10 bits per heavy atom. The number of aromatic nitrogens is 2. The van der Waals surface area contributed by atoms with Gasteiger partial charge in [0.15, 0.2) is 0 Å². The Balaban J connectivity index is 1.59. The monoisotopic (exact) mass is 428 g/mol. The van der Waals surface area contributed by atoms with E-state index in [1.807, 2.05) is 0 Å². The van der Waals surface area contributed by atoms with E-state index in [1.54, 1.807) is 6.07 Å². The predicted octanol–water partition coefficient (Wildman–Crippen LogP) is 3.28. The van der Waals surface area contributed by atoms with Crippen LogP contribution in [-0.4, -0.2) is 45.2 Å². The minimum atomic E-state index is -3.03. The molecule has 1 aromatic carbocycles. The van der Waals surface area contributed by atoms with Gasteiger partial charge in [0, 0.05) is 24.1 Å². The molecule has 2 amide bonds. The van der Waals surface area contributed by atoms with Crippen molar-refractivity contribution in [3.05, 3.63) is 35.2 Å². The number of ether oxygens (including phenoxy) is 1. The van der Waals surface area contributed by atoms with Gasteiger partial charge < -0.3 is 19.8 Å². The number of carbonyl (C=O) groups is 2. The molecule has 12 heteroatoms. The van der Waals surface area contributed by atoms with E-state index in [0.29, 0.717) is 5.56 Å². The van der Waals surface area contributed by atoms with Crippen LogP contribution in [0.3, 0.4) is 0 Å². The highest BCUT2D eigenvalue weighted by Crippen LogP contribution is 2.40. The van der Waals surface area contributed by atoms with Gasteiger partial charge >= 0.3 is 12.5 Å². The zero-order chi connectivity index (χ0) is 21.6. The highest BCUT2D eigenvalue weighted by atomic mass is 19.3. The summed E-state index contributed by atoms with van der Waals surface area (Å²) in [5, 5.41) is 6.80. The predicted molar refractivity (Wildman–Crippen MR) is 91.6 cm³/mol. The topological polar surface area (TPSA) is 112 Å². The van der Waals surface area contributed by atoms with Crippen molar-refractivity contribution in [1.29, 1.82) is 0 Å². The van der Waals surface area contributed by atoms with E-state index in [-0.39, 0.29) is 30.0 Å². The number of carbonyl (C=O) groups excluding carboxylic acids is 2. The second-order valence-electron chi connectivity index (χ2n) is 7.19. The van der Waals surface area contributed by atoms with Gasteiger partial charge in [0.2, 0.25) is 5.89 Å². The molecular weight excluding hydrogens is 412 g/mol. The highest BCUT2D eigenvalue weighted by Gasteiger charge is 2.48. The number of alkyl halides is 4. The van der Waals surface area contributed by atoms with Crippen LogP contribution in [0.5, 0.6) is 0 Å². The largest absolute Gasteiger partial charge is 0.444 e. The van der Waals surface area contributed by atoms with E-state index in [2.05, 4.69) is 10.2 Å². The zero-order valence-corrected chi connectivity index (χ0v) is 15.4. The molecule has 4 rings (SSSR count). The standard InChI is InChI=1S/C18H16F4N4O4/c19-13(20)15-25-24-14(30-15)8-1-2-9-7-26(16(27)10(9)5-8)11-3-4-18(21,22)6-12(11)29-17(23)28/h1-2,5,11-13H,3-4,6-7H2,(H2,23,28)/t11-,12+/m1/s1. The number of primary amides is 1. The van der Waals surface area contributed by atoms with Crippen molar-refractivity contribution in [2.24, 2.45) is 5.73 Å². The minimum Gasteiger partial charge on any atom is -0.444 e. The molecule has 0 radical (unpaired) electrons. The first kappa shape index (κ1) is 20.1. The molecule has 2 aliphatic rings. The van der Waals surface area contributed by atoms with Crippen molar-refractivity contribution < 1.29 is 36.3 Å². The number of hydrogen-bond acceptors (Lipinski definition) is 6. The third kappa shape index (κ3) is 3.68. The normalized spacial score (nSPS) is 23.0. The zero-order valence-electron chi connectivity index (χ0n) is 15.4. The van der Waals surface area contributed by atoms with Crippen LogP contribution in [0, 0.1) is 0 Å². The van der Waals surface area contributed by atoms with Crippen molar-refractivity contribution in [3.8, 4) is 11.5 Å². The van der Waals surface area contributed by atoms with E-state index < -0.39 is 55.2 Å². The summed E-state index contributed by atoms with van der Waals surface area (Å²) >= 11 is 0. The Kier molecular flexibility index (Phi) is 4.86. The Labute approximate surface area is 167 Å². The fourth-order valence-corrected chi connectivity index (χ4v) is 3.87. The fraction of sp³-hybridized carbons (Fsp3) is 0.444. The number of rotatable bonds is 4. The number of hydrogen-bond donors (Lipinski definition) is 1. The molecule has 1 saturated carbocycles. The Hall–Kier alpha value is -3.18. The van der Waals surface area contributed by atoms with Crippen molar-refractivity contribution in [1.82, 2.24) is 15.1 Å². The first-order chi connectivity index (χ1) is 14.1. The molecule has 1 aliphatic carbocycles. The van der Waals surface area contributed by atoms with Crippen molar-refractivity contribution >= 4 is 12.0 Å². The number of benzene rings is 1. The lowest BCUT2D eigenvalue weighted by Crippen LogP contribution is -2.52. The smallest absolute Gasteiger partial charge is 0.404 e.